The number of urea groups is 1. The lowest BCUT2D eigenvalue weighted by atomic mass is 10.1. The number of pyridine rings is 1. The van der Waals surface area contributed by atoms with Crippen LogP contribution < -0.4 is 19.7 Å². The third kappa shape index (κ3) is 4.39. The molecule has 1 N–H and O–H groups in total. The van der Waals surface area contributed by atoms with E-state index in [-0.39, 0.29) is 17.4 Å². The standard InChI is InChI=1S/C20H18IN3O5/c1-11(2)29-17-15(21)8-12(9-16(17)28-3)7-14-18(25)23-20(27)24(19(14)26)13-5-4-6-22-10-13/h4-11H,1-3H3,(H,23,25,27)/b14-7+. The third-order valence-corrected chi connectivity index (χ3v) is 4.72. The summed E-state index contributed by atoms with van der Waals surface area (Å²) >= 11 is 2.10. The SMILES string of the molecule is COc1cc(/C=C2\C(=O)NC(=O)N(c3cccnc3)C2=O)cc(I)c1OC(C)C. The van der Waals surface area contributed by atoms with Gasteiger partial charge in [0.2, 0.25) is 0 Å². The van der Waals surface area contributed by atoms with E-state index in [1.807, 2.05) is 13.8 Å². The largest absolute Gasteiger partial charge is 0.493 e. The van der Waals surface area contributed by atoms with Gasteiger partial charge in [0, 0.05) is 6.20 Å². The van der Waals surface area contributed by atoms with Crippen molar-refractivity contribution in [3.05, 3.63) is 51.4 Å². The Kier molecular flexibility index (Phi) is 6.16. The zero-order valence-corrected chi connectivity index (χ0v) is 18.1. The number of amides is 4. The molecule has 9 heteroatoms. The van der Waals surface area contributed by atoms with Gasteiger partial charge in [0.05, 0.1) is 28.7 Å². The maximum atomic E-state index is 12.9. The molecular weight excluding hydrogens is 489 g/mol. The summed E-state index contributed by atoms with van der Waals surface area (Å²) in [7, 11) is 1.51. The molecule has 1 aliphatic rings. The van der Waals surface area contributed by atoms with E-state index in [9.17, 15) is 14.4 Å². The normalized spacial score (nSPS) is 15.7. The van der Waals surface area contributed by atoms with Crippen LogP contribution in [0.5, 0.6) is 11.5 Å². The van der Waals surface area contributed by atoms with Crippen LogP contribution in [0.1, 0.15) is 19.4 Å². The van der Waals surface area contributed by atoms with E-state index < -0.39 is 17.8 Å². The average molecular weight is 507 g/mol. The number of hydrogen-bond donors (Lipinski definition) is 1. The second-order valence-corrected chi connectivity index (χ2v) is 7.53. The Bertz CT molecular complexity index is 1000. The Morgan fingerprint density at radius 3 is 2.62 bits per heavy atom. The van der Waals surface area contributed by atoms with E-state index in [2.05, 4.69) is 32.9 Å². The van der Waals surface area contributed by atoms with E-state index >= 15 is 0 Å². The number of methoxy groups -OCH3 is 1. The molecule has 4 amide bonds. The summed E-state index contributed by atoms with van der Waals surface area (Å²) in [6.45, 7) is 3.81. The van der Waals surface area contributed by atoms with E-state index in [1.54, 1.807) is 24.3 Å². The minimum Gasteiger partial charge on any atom is -0.493 e. The number of rotatable bonds is 5. The van der Waals surface area contributed by atoms with Crippen molar-refractivity contribution < 1.29 is 23.9 Å². The maximum Gasteiger partial charge on any atom is 0.336 e. The number of imide groups is 2. The average Bonchev–Trinajstić information content (AvgIpc) is 2.67. The molecule has 1 aromatic heterocycles. The molecule has 1 fully saturated rings. The first-order valence-electron chi connectivity index (χ1n) is 8.67. The van der Waals surface area contributed by atoms with Gasteiger partial charge in [0.1, 0.15) is 5.57 Å². The number of aromatic nitrogens is 1. The van der Waals surface area contributed by atoms with Crippen molar-refractivity contribution in [3.8, 4) is 11.5 Å². The monoisotopic (exact) mass is 507 g/mol. The van der Waals surface area contributed by atoms with Crippen molar-refractivity contribution in [3.63, 3.8) is 0 Å². The van der Waals surface area contributed by atoms with Gasteiger partial charge in [-0.1, -0.05) is 0 Å². The summed E-state index contributed by atoms with van der Waals surface area (Å²) in [4.78, 5) is 42.2. The molecule has 1 aromatic carbocycles. The summed E-state index contributed by atoms with van der Waals surface area (Å²) in [5.41, 5.74) is 0.645. The Morgan fingerprint density at radius 2 is 2.00 bits per heavy atom. The van der Waals surface area contributed by atoms with Crippen molar-refractivity contribution in [1.82, 2.24) is 10.3 Å². The quantitative estimate of drug-likeness (QED) is 0.380. The van der Waals surface area contributed by atoms with Gasteiger partial charge >= 0.3 is 6.03 Å². The van der Waals surface area contributed by atoms with E-state index in [4.69, 9.17) is 9.47 Å². The van der Waals surface area contributed by atoms with Crippen LogP contribution in [0.4, 0.5) is 10.5 Å². The van der Waals surface area contributed by atoms with Crippen molar-refractivity contribution in [2.75, 3.05) is 12.0 Å². The zero-order chi connectivity index (χ0) is 21.1. The second-order valence-electron chi connectivity index (χ2n) is 6.37. The first kappa shape index (κ1) is 20.8. The van der Waals surface area contributed by atoms with Gasteiger partial charge in [0.25, 0.3) is 11.8 Å². The molecule has 2 aromatic rings. The van der Waals surface area contributed by atoms with Gasteiger partial charge in [-0.3, -0.25) is 19.9 Å². The highest BCUT2D eigenvalue weighted by Gasteiger charge is 2.37. The Balaban J connectivity index is 2.02. The van der Waals surface area contributed by atoms with Crippen molar-refractivity contribution >= 4 is 52.2 Å². The van der Waals surface area contributed by atoms with Gasteiger partial charge < -0.3 is 9.47 Å². The predicted octanol–water partition coefficient (Wildman–Crippen LogP) is 3.15. The highest BCUT2D eigenvalue weighted by atomic mass is 127. The number of hydrogen-bond acceptors (Lipinski definition) is 6. The molecule has 0 bridgehead atoms. The fraction of sp³-hybridized carbons (Fsp3) is 0.200. The predicted molar refractivity (Wildman–Crippen MR) is 115 cm³/mol. The highest BCUT2D eigenvalue weighted by molar-refractivity contribution is 14.1. The summed E-state index contributed by atoms with van der Waals surface area (Å²) in [6, 6.07) is 5.76. The van der Waals surface area contributed by atoms with Crippen LogP contribution in [0.25, 0.3) is 6.08 Å². The van der Waals surface area contributed by atoms with Gasteiger partial charge in [0.15, 0.2) is 11.5 Å². The fourth-order valence-electron chi connectivity index (χ4n) is 2.72. The number of ether oxygens (including phenoxy) is 2. The molecule has 0 spiro atoms. The van der Waals surface area contributed by atoms with Crippen LogP contribution in [0, 0.1) is 3.57 Å². The summed E-state index contributed by atoms with van der Waals surface area (Å²) in [6.07, 6.45) is 4.25. The molecule has 8 nitrogen and oxygen atoms in total. The topological polar surface area (TPSA) is 97.8 Å². The number of nitrogens with one attached hydrogen (secondary N) is 1. The number of anilines is 1. The lowest BCUT2D eigenvalue weighted by Crippen LogP contribution is -2.54. The molecule has 2 heterocycles. The number of benzene rings is 1. The van der Waals surface area contributed by atoms with Gasteiger partial charge in [-0.25, -0.2) is 9.69 Å². The fourth-order valence-corrected chi connectivity index (χ4v) is 3.47. The van der Waals surface area contributed by atoms with Crippen LogP contribution in [0.15, 0.2) is 42.2 Å². The molecule has 0 aliphatic carbocycles. The van der Waals surface area contributed by atoms with Gasteiger partial charge in [-0.15, -0.1) is 0 Å². The molecular formula is C20H18IN3O5. The first-order valence-corrected chi connectivity index (χ1v) is 9.75. The highest BCUT2D eigenvalue weighted by Crippen LogP contribution is 2.35. The summed E-state index contributed by atoms with van der Waals surface area (Å²) in [5.74, 6) is -0.446. The minimum absolute atomic E-state index is 0.0497. The first-order chi connectivity index (χ1) is 13.8. The number of barbiturate groups is 1. The van der Waals surface area contributed by atoms with Crippen molar-refractivity contribution in [1.29, 1.82) is 0 Å². The lowest BCUT2D eigenvalue weighted by Gasteiger charge is -2.26. The van der Waals surface area contributed by atoms with Crippen LogP contribution >= 0.6 is 22.6 Å². The zero-order valence-electron chi connectivity index (χ0n) is 15.9. The van der Waals surface area contributed by atoms with Crippen LogP contribution in [-0.2, 0) is 9.59 Å². The number of nitrogens with zero attached hydrogens (tertiary/aromatic N) is 2. The Hall–Kier alpha value is -2.95. The molecule has 0 radical (unpaired) electrons. The van der Waals surface area contributed by atoms with Crippen molar-refractivity contribution in [2.45, 2.75) is 20.0 Å². The van der Waals surface area contributed by atoms with Gasteiger partial charge in [-0.2, -0.15) is 0 Å². The number of halogens is 1. The van der Waals surface area contributed by atoms with E-state index in [1.165, 1.54) is 25.6 Å². The lowest BCUT2D eigenvalue weighted by molar-refractivity contribution is -0.122. The Labute approximate surface area is 181 Å². The maximum absolute atomic E-state index is 12.9. The molecule has 1 aliphatic heterocycles. The molecule has 0 saturated carbocycles. The molecule has 0 unspecified atom stereocenters. The number of carbonyl (C=O) groups is 3. The van der Waals surface area contributed by atoms with Crippen LogP contribution in [-0.4, -0.2) is 36.0 Å². The van der Waals surface area contributed by atoms with Gasteiger partial charge in [-0.05, 0) is 72.3 Å². The summed E-state index contributed by atoms with van der Waals surface area (Å²) in [5, 5.41) is 2.18. The molecule has 150 valence electrons. The number of carbonyl (C=O) groups excluding carboxylic acids is 3. The van der Waals surface area contributed by atoms with Crippen LogP contribution in [0.2, 0.25) is 0 Å². The Morgan fingerprint density at radius 1 is 1.24 bits per heavy atom. The smallest absolute Gasteiger partial charge is 0.336 e. The van der Waals surface area contributed by atoms with Crippen LogP contribution in [0.3, 0.4) is 0 Å². The molecule has 29 heavy (non-hydrogen) atoms. The minimum atomic E-state index is -0.821. The van der Waals surface area contributed by atoms with Crippen molar-refractivity contribution in [2.24, 2.45) is 0 Å². The summed E-state index contributed by atoms with van der Waals surface area (Å²) < 4.78 is 11.9. The molecule has 3 rings (SSSR count). The second kappa shape index (κ2) is 8.60. The van der Waals surface area contributed by atoms with E-state index in [0.717, 1.165) is 8.47 Å². The third-order valence-electron chi connectivity index (χ3n) is 3.92. The van der Waals surface area contributed by atoms with E-state index in [0.29, 0.717) is 17.1 Å². The molecule has 0 atom stereocenters. The molecule has 1 saturated heterocycles.